The predicted octanol–water partition coefficient (Wildman–Crippen LogP) is 3.61. The van der Waals surface area contributed by atoms with Crippen molar-refractivity contribution in [2.24, 2.45) is 7.05 Å². The van der Waals surface area contributed by atoms with Crippen LogP contribution in [-0.2, 0) is 13.6 Å². The van der Waals surface area contributed by atoms with Crippen LogP contribution in [0.5, 0.6) is 17.2 Å². The van der Waals surface area contributed by atoms with Gasteiger partial charge in [-0.25, -0.2) is 0 Å². The summed E-state index contributed by atoms with van der Waals surface area (Å²) in [6.45, 7) is 7.29. The summed E-state index contributed by atoms with van der Waals surface area (Å²) >= 11 is 0. The Balaban J connectivity index is 1.79. The minimum Gasteiger partial charge on any atom is -0.490 e. The van der Waals surface area contributed by atoms with Crippen molar-refractivity contribution in [1.82, 2.24) is 20.1 Å². The van der Waals surface area contributed by atoms with Crippen LogP contribution in [0, 0.1) is 0 Å². The second-order valence-electron chi connectivity index (χ2n) is 6.66. The second-order valence-corrected chi connectivity index (χ2v) is 6.66. The van der Waals surface area contributed by atoms with Gasteiger partial charge < -0.3 is 19.5 Å². The lowest BCUT2D eigenvalue weighted by molar-refractivity contribution is 0.0949. The zero-order valence-electron chi connectivity index (χ0n) is 18.3. The quantitative estimate of drug-likeness (QED) is 0.535. The van der Waals surface area contributed by atoms with Crippen LogP contribution in [0.3, 0.4) is 0 Å². The van der Waals surface area contributed by atoms with Crippen LogP contribution >= 0.6 is 0 Å². The molecule has 2 aromatic heterocycles. The molecule has 8 heteroatoms. The monoisotopic (exact) mass is 424 g/mol. The van der Waals surface area contributed by atoms with Gasteiger partial charge in [0, 0.05) is 30.6 Å². The number of ether oxygens (including phenoxy) is 3. The van der Waals surface area contributed by atoms with Gasteiger partial charge in [0.15, 0.2) is 11.5 Å². The first kappa shape index (κ1) is 22.1. The van der Waals surface area contributed by atoms with E-state index in [1.165, 1.54) is 0 Å². The molecule has 0 aliphatic carbocycles. The van der Waals surface area contributed by atoms with Crippen LogP contribution in [0.2, 0.25) is 0 Å². The first-order chi connectivity index (χ1) is 15.1. The van der Waals surface area contributed by atoms with E-state index in [-0.39, 0.29) is 5.91 Å². The Morgan fingerprint density at radius 1 is 0.968 bits per heavy atom. The summed E-state index contributed by atoms with van der Waals surface area (Å²) in [6.07, 6.45) is 3.48. The molecule has 8 nitrogen and oxygen atoms in total. The highest BCUT2D eigenvalue weighted by Crippen LogP contribution is 2.39. The van der Waals surface area contributed by atoms with E-state index in [1.54, 1.807) is 29.2 Å². The number of benzene rings is 1. The van der Waals surface area contributed by atoms with Gasteiger partial charge in [0.2, 0.25) is 5.75 Å². The molecule has 2 heterocycles. The van der Waals surface area contributed by atoms with Crippen molar-refractivity contribution in [3.05, 3.63) is 54.0 Å². The number of aryl methyl sites for hydroxylation is 1. The third-order valence-corrected chi connectivity index (χ3v) is 4.51. The molecule has 3 rings (SSSR count). The molecule has 3 aromatic rings. The number of pyridine rings is 1. The normalized spacial score (nSPS) is 10.6. The summed E-state index contributed by atoms with van der Waals surface area (Å²) in [5.74, 6) is 1.23. The Labute approximate surface area is 182 Å². The molecule has 0 saturated heterocycles. The molecule has 0 aliphatic heterocycles. The van der Waals surface area contributed by atoms with E-state index in [2.05, 4.69) is 15.4 Å². The molecular weight excluding hydrogens is 396 g/mol. The van der Waals surface area contributed by atoms with E-state index in [0.717, 1.165) is 17.0 Å². The summed E-state index contributed by atoms with van der Waals surface area (Å²) < 4.78 is 18.9. The number of nitrogens with zero attached hydrogens (tertiary/aromatic N) is 3. The van der Waals surface area contributed by atoms with Crippen LogP contribution in [0.1, 0.15) is 36.8 Å². The fraction of sp³-hybridized carbons (Fsp3) is 0.348. The molecule has 0 spiro atoms. The third-order valence-electron chi connectivity index (χ3n) is 4.51. The lowest BCUT2D eigenvalue weighted by Crippen LogP contribution is -2.23. The Bertz CT molecular complexity index is 991. The fourth-order valence-corrected chi connectivity index (χ4v) is 3.20. The highest BCUT2D eigenvalue weighted by molar-refractivity contribution is 5.95. The maximum atomic E-state index is 12.9. The molecule has 0 unspecified atom stereocenters. The van der Waals surface area contributed by atoms with Gasteiger partial charge in [0.05, 0.1) is 37.8 Å². The van der Waals surface area contributed by atoms with Crippen LogP contribution in [0.4, 0.5) is 0 Å². The molecule has 31 heavy (non-hydrogen) atoms. The first-order valence-electron chi connectivity index (χ1n) is 10.3. The average molecular weight is 425 g/mol. The zero-order valence-corrected chi connectivity index (χ0v) is 18.3. The van der Waals surface area contributed by atoms with Gasteiger partial charge in [0.25, 0.3) is 5.91 Å². The number of carbonyl (C=O) groups excluding carboxylic acids is 1. The average Bonchev–Trinajstić information content (AvgIpc) is 3.15. The van der Waals surface area contributed by atoms with Gasteiger partial charge in [-0.3, -0.25) is 14.5 Å². The lowest BCUT2D eigenvalue weighted by Gasteiger charge is -2.17. The van der Waals surface area contributed by atoms with Crippen molar-refractivity contribution in [2.45, 2.75) is 27.3 Å². The van der Waals surface area contributed by atoms with Crippen LogP contribution < -0.4 is 19.5 Å². The van der Waals surface area contributed by atoms with Gasteiger partial charge >= 0.3 is 0 Å². The van der Waals surface area contributed by atoms with Gasteiger partial charge in [-0.2, -0.15) is 5.10 Å². The van der Waals surface area contributed by atoms with Gasteiger partial charge in [-0.05, 0) is 51.1 Å². The molecular formula is C23H28N4O4. The minimum absolute atomic E-state index is 0.249. The highest BCUT2D eigenvalue weighted by atomic mass is 16.5. The van der Waals surface area contributed by atoms with Crippen LogP contribution in [0.15, 0.2) is 42.7 Å². The maximum absolute atomic E-state index is 12.9. The van der Waals surface area contributed by atoms with E-state index < -0.39 is 0 Å². The number of nitrogens with one attached hydrogen (secondary N) is 1. The topological polar surface area (TPSA) is 87.5 Å². The minimum atomic E-state index is -0.249. The van der Waals surface area contributed by atoms with E-state index in [1.807, 2.05) is 46.0 Å². The van der Waals surface area contributed by atoms with Crippen LogP contribution in [0.25, 0.3) is 11.3 Å². The van der Waals surface area contributed by atoms with Gasteiger partial charge in [0.1, 0.15) is 0 Å². The van der Waals surface area contributed by atoms with Gasteiger partial charge in [-0.15, -0.1) is 0 Å². The number of amides is 1. The standard InChI is InChI=1S/C23H28N4O4/c1-5-29-20-12-17(13-21(30-6-2)22(20)31-7-3)23(28)25-15-18-14-19(27(4)26-18)16-8-10-24-11-9-16/h8-14H,5-7,15H2,1-4H3,(H,25,28). The van der Waals surface area contributed by atoms with E-state index in [4.69, 9.17) is 14.2 Å². The summed E-state index contributed by atoms with van der Waals surface area (Å²) in [5, 5.41) is 7.42. The SMILES string of the molecule is CCOc1cc(C(=O)NCc2cc(-c3ccncc3)n(C)n2)cc(OCC)c1OCC. The molecule has 0 fully saturated rings. The maximum Gasteiger partial charge on any atom is 0.251 e. The third kappa shape index (κ3) is 5.33. The number of aromatic nitrogens is 3. The molecule has 0 atom stereocenters. The Kier molecular flexibility index (Phi) is 7.48. The van der Waals surface area contributed by atoms with Crippen LogP contribution in [-0.4, -0.2) is 40.5 Å². The molecule has 164 valence electrons. The highest BCUT2D eigenvalue weighted by Gasteiger charge is 2.18. The number of hydrogen-bond acceptors (Lipinski definition) is 6. The largest absolute Gasteiger partial charge is 0.490 e. The molecule has 0 bridgehead atoms. The molecule has 1 N–H and O–H groups in total. The molecule has 1 aromatic carbocycles. The molecule has 0 aliphatic rings. The van der Waals surface area contributed by atoms with Gasteiger partial charge in [-0.1, -0.05) is 0 Å². The predicted molar refractivity (Wildman–Crippen MR) is 118 cm³/mol. The Hall–Kier alpha value is -3.55. The van der Waals surface area contributed by atoms with Crippen molar-refractivity contribution in [2.75, 3.05) is 19.8 Å². The van der Waals surface area contributed by atoms with Crippen molar-refractivity contribution in [3.8, 4) is 28.5 Å². The number of rotatable bonds is 10. The lowest BCUT2D eigenvalue weighted by atomic mass is 10.1. The Morgan fingerprint density at radius 2 is 1.58 bits per heavy atom. The number of carbonyl (C=O) groups is 1. The zero-order chi connectivity index (χ0) is 22.2. The molecule has 1 amide bonds. The van der Waals surface area contributed by atoms with E-state index >= 15 is 0 Å². The summed E-state index contributed by atoms with van der Waals surface area (Å²) in [7, 11) is 1.87. The second kappa shape index (κ2) is 10.5. The van der Waals surface area contributed by atoms with E-state index in [0.29, 0.717) is 49.2 Å². The Morgan fingerprint density at radius 3 is 2.16 bits per heavy atom. The molecule has 0 saturated carbocycles. The summed E-state index contributed by atoms with van der Waals surface area (Å²) in [4.78, 5) is 16.9. The molecule has 0 radical (unpaired) electrons. The van der Waals surface area contributed by atoms with Crippen molar-refractivity contribution in [1.29, 1.82) is 0 Å². The smallest absolute Gasteiger partial charge is 0.251 e. The summed E-state index contributed by atoms with van der Waals surface area (Å²) in [6, 6.07) is 9.14. The summed E-state index contributed by atoms with van der Waals surface area (Å²) in [5.41, 5.74) is 3.14. The van der Waals surface area contributed by atoms with Crippen molar-refractivity contribution in [3.63, 3.8) is 0 Å². The first-order valence-corrected chi connectivity index (χ1v) is 10.3. The van der Waals surface area contributed by atoms with Crippen molar-refractivity contribution >= 4 is 5.91 Å². The fourth-order valence-electron chi connectivity index (χ4n) is 3.20. The van der Waals surface area contributed by atoms with Crippen molar-refractivity contribution < 1.29 is 19.0 Å². The number of hydrogen-bond donors (Lipinski definition) is 1. The van der Waals surface area contributed by atoms with E-state index in [9.17, 15) is 4.79 Å².